The Kier molecular flexibility index (Phi) is 1.93. The molecule has 2 aliphatic rings. The van der Waals surface area contributed by atoms with Crippen molar-refractivity contribution < 1.29 is 9.53 Å². The Balaban J connectivity index is 2.18. The first-order valence-electron chi connectivity index (χ1n) is 5.68. The maximum absolute atomic E-state index is 11.7. The summed E-state index contributed by atoms with van der Waals surface area (Å²) in [5.74, 6) is -0.459. The van der Waals surface area contributed by atoms with Gasteiger partial charge in [-0.3, -0.25) is 4.79 Å². The van der Waals surface area contributed by atoms with E-state index < -0.39 is 11.6 Å². The average Bonchev–Trinajstić information content (AvgIpc) is 2.55. The van der Waals surface area contributed by atoms with Crippen LogP contribution in [0.25, 0.3) is 0 Å². The number of pyridine rings is 1. The monoisotopic (exact) mass is 219 g/mol. The number of rotatable bonds is 0. The molecular formula is C12H13NO3. The van der Waals surface area contributed by atoms with Gasteiger partial charge < -0.3 is 9.72 Å². The number of carbonyl (C=O) groups excluding carboxylic acids is 1. The van der Waals surface area contributed by atoms with Crippen molar-refractivity contribution in [3.8, 4) is 0 Å². The Morgan fingerprint density at radius 2 is 1.94 bits per heavy atom. The average molecular weight is 219 g/mol. The van der Waals surface area contributed by atoms with Crippen LogP contribution in [0.3, 0.4) is 0 Å². The summed E-state index contributed by atoms with van der Waals surface area (Å²) < 4.78 is 5.48. The summed E-state index contributed by atoms with van der Waals surface area (Å²) in [6.45, 7) is 0. The molecule has 16 heavy (non-hydrogen) atoms. The van der Waals surface area contributed by atoms with Crippen LogP contribution in [0.15, 0.2) is 17.1 Å². The Labute approximate surface area is 92.6 Å². The third-order valence-corrected chi connectivity index (χ3v) is 3.61. The lowest BCUT2D eigenvalue weighted by atomic mass is 9.80. The predicted molar refractivity (Wildman–Crippen MR) is 57.2 cm³/mol. The van der Waals surface area contributed by atoms with Gasteiger partial charge in [-0.25, -0.2) is 4.79 Å². The number of ether oxygens (including phenoxy) is 1. The van der Waals surface area contributed by atoms with Gasteiger partial charge in [0.05, 0.1) is 0 Å². The smallest absolute Gasteiger partial charge is 0.345 e. The molecule has 1 fully saturated rings. The second kappa shape index (κ2) is 3.20. The summed E-state index contributed by atoms with van der Waals surface area (Å²) in [6.07, 6.45) is 6.57. The van der Waals surface area contributed by atoms with Crippen LogP contribution < -0.4 is 5.56 Å². The molecule has 0 unspecified atom stereocenters. The van der Waals surface area contributed by atoms with Crippen LogP contribution in [0.4, 0.5) is 0 Å². The van der Waals surface area contributed by atoms with E-state index in [1.54, 1.807) is 6.20 Å². The van der Waals surface area contributed by atoms with E-state index in [4.69, 9.17) is 4.74 Å². The zero-order chi connectivity index (χ0) is 11.2. The number of H-pyrrole nitrogens is 1. The third kappa shape index (κ3) is 1.16. The van der Waals surface area contributed by atoms with Crippen molar-refractivity contribution in [3.63, 3.8) is 0 Å². The van der Waals surface area contributed by atoms with Crippen molar-refractivity contribution in [2.75, 3.05) is 0 Å². The van der Waals surface area contributed by atoms with E-state index in [-0.39, 0.29) is 11.1 Å². The van der Waals surface area contributed by atoms with Crippen molar-refractivity contribution in [2.24, 2.45) is 0 Å². The van der Waals surface area contributed by atoms with Crippen LogP contribution in [0.1, 0.15) is 48.0 Å². The SMILES string of the molecule is O=C1OC2(CCCCC2)c2cc[nH]c(=O)c21. The highest BCUT2D eigenvalue weighted by atomic mass is 16.6. The Morgan fingerprint density at radius 3 is 2.69 bits per heavy atom. The van der Waals surface area contributed by atoms with Crippen LogP contribution in [-0.4, -0.2) is 11.0 Å². The van der Waals surface area contributed by atoms with E-state index in [0.717, 1.165) is 31.2 Å². The number of carbonyl (C=O) groups is 1. The molecule has 0 saturated heterocycles. The molecule has 1 aliphatic carbocycles. The molecule has 0 aromatic carbocycles. The Morgan fingerprint density at radius 1 is 1.19 bits per heavy atom. The van der Waals surface area contributed by atoms with E-state index in [2.05, 4.69) is 4.98 Å². The molecule has 1 aromatic rings. The molecule has 0 bridgehead atoms. The first-order valence-corrected chi connectivity index (χ1v) is 5.68. The van der Waals surface area contributed by atoms with Crippen LogP contribution >= 0.6 is 0 Å². The largest absolute Gasteiger partial charge is 0.450 e. The first kappa shape index (κ1) is 9.63. The first-order chi connectivity index (χ1) is 7.73. The van der Waals surface area contributed by atoms with Gasteiger partial charge in [-0.05, 0) is 31.7 Å². The van der Waals surface area contributed by atoms with Gasteiger partial charge in [-0.15, -0.1) is 0 Å². The summed E-state index contributed by atoms with van der Waals surface area (Å²) in [6, 6.07) is 1.81. The fraction of sp³-hybridized carbons (Fsp3) is 0.500. The highest BCUT2D eigenvalue weighted by Crippen LogP contribution is 2.45. The zero-order valence-electron chi connectivity index (χ0n) is 8.91. The van der Waals surface area contributed by atoms with E-state index in [9.17, 15) is 9.59 Å². The Bertz CT molecular complexity index is 497. The molecule has 1 saturated carbocycles. The van der Waals surface area contributed by atoms with Gasteiger partial charge in [-0.2, -0.15) is 0 Å². The number of esters is 1. The highest BCUT2D eigenvalue weighted by molar-refractivity contribution is 5.94. The lowest BCUT2D eigenvalue weighted by molar-refractivity contribution is -0.0280. The van der Waals surface area contributed by atoms with Crippen molar-refractivity contribution in [1.29, 1.82) is 0 Å². The zero-order valence-corrected chi connectivity index (χ0v) is 8.91. The molecule has 1 aliphatic heterocycles. The molecule has 1 spiro atoms. The van der Waals surface area contributed by atoms with Crippen LogP contribution in [0, 0.1) is 0 Å². The van der Waals surface area contributed by atoms with Gasteiger partial charge in [0.25, 0.3) is 5.56 Å². The molecule has 4 heteroatoms. The molecule has 2 heterocycles. The topological polar surface area (TPSA) is 59.2 Å². The fourth-order valence-corrected chi connectivity index (χ4v) is 2.84. The molecule has 0 radical (unpaired) electrons. The van der Waals surface area contributed by atoms with E-state index in [1.807, 2.05) is 6.07 Å². The molecule has 1 N–H and O–H groups in total. The standard InChI is InChI=1S/C12H13NO3/c14-10-9-8(4-7-13-10)12(16-11(9)15)5-2-1-3-6-12/h4,7H,1-3,5-6H2,(H,13,14). The minimum Gasteiger partial charge on any atom is -0.450 e. The predicted octanol–water partition coefficient (Wildman–Crippen LogP) is 1.70. The lowest BCUT2D eigenvalue weighted by Gasteiger charge is -2.32. The minimum atomic E-state index is -0.501. The van der Waals surface area contributed by atoms with Gasteiger partial charge in [0, 0.05) is 11.8 Å². The normalized spacial score (nSPS) is 21.9. The summed E-state index contributed by atoms with van der Waals surface area (Å²) >= 11 is 0. The molecule has 0 atom stereocenters. The third-order valence-electron chi connectivity index (χ3n) is 3.61. The number of hydrogen-bond acceptors (Lipinski definition) is 3. The maximum Gasteiger partial charge on any atom is 0.345 e. The minimum absolute atomic E-state index is 0.212. The second-order valence-electron chi connectivity index (χ2n) is 4.54. The number of hydrogen-bond donors (Lipinski definition) is 1. The summed E-state index contributed by atoms with van der Waals surface area (Å²) in [5, 5.41) is 0. The van der Waals surface area contributed by atoms with Crippen molar-refractivity contribution >= 4 is 5.97 Å². The fourth-order valence-electron chi connectivity index (χ4n) is 2.84. The highest BCUT2D eigenvalue weighted by Gasteiger charge is 2.47. The van der Waals surface area contributed by atoms with Crippen LogP contribution in [0.2, 0.25) is 0 Å². The van der Waals surface area contributed by atoms with Gasteiger partial charge in [0.1, 0.15) is 11.2 Å². The molecule has 3 rings (SSSR count). The quantitative estimate of drug-likeness (QED) is 0.676. The molecule has 4 nitrogen and oxygen atoms in total. The van der Waals surface area contributed by atoms with Gasteiger partial charge >= 0.3 is 5.97 Å². The molecule has 84 valence electrons. The number of aromatic nitrogens is 1. The molecule has 0 amide bonds. The Hall–Kier alpha value is -1.58. The summed E-state index contributed by atoms with van der Waals surface area (Å²) in [4.78, 5) is 25.8. The molecular weight excluding hydrogens is 206 g/mol. The van der Waals surface area contributed by atoms with Gasteiger partial charge in [-0.1, -0.05) is 6.42 Å². The summed E-state index contributed by atoms with van der Waals surface area (Å²) in [5.41, 5.74) is 0.175. The van der Waals surface area contributed by atoms with Crippen molar-refractivity contribution in [1.82, 2.24) is 4.98 Å². The van der Waals surface area contributed by atoms with Crippen LogP contribution in [-0.2, 0) is 10.3 Å². The number of aromatic amines is 1. The summed E-state index contributed by atoms with van der Waals surface area (Å²) in [7, 11) is 0. The van der Waals surface area contributed by atoms with E-state index >= 15 is 0 Å². The van der Waals surface area contributed by atoms with Crippen molar-refractivity contribution in [2.45, 2.75) is 37.7 Å². The van der Waals surface area contributed by atoms with Crippen molar-refractivity contribution in [3.05, 3.63) is 33.7 Å². The lowest BCUT2D eigenvalue weighted by Crippen LogP contribution is -2.29. The van der Waals surface area contributed by atoms with Gasteiger partial charge in [0.2, 0.25) is 0 Å². The number of fused-ring (bicyclic) bond motifs is 2. The number of nitrogens with one attached hydrogen (secondary N) is 1. The maximum atomic E-state index is 11.7. The molecule has 1 aromatic heterocycles. The van der Waals surface area contributed by atoms with Gasteiger partial charge in [0.15, 0.2) is 0 Å². The second-order valence-corrected chi connectivity index (χ2v) is 4.54. The van der Waals surface area contributed by atoms with Crippen LogP contribution in [0.5, 0.6) is 0 Å². The van der Waals surface area contributed by atoms with E-state index in [1.165, 1.54) is 6.42 Å². The van der Waals surface area contributed by atoms with E-state index in [0.29, 0.717) is 0 Å².